The summed E-state index contributed by atoms with van der Waals surface area (Å²) in [7, 11) is -4.08. The van der Waals surface area contributed by atoms with Crippen molar-refractivity contribution in [2.75, 3.05) is 11.9 Å². The molecule has 0 unspecified atom stereocenters. The van der Waals surface area contributed by atoms with E-state index >= 15 is 0 Å². The Balaban J connectivity index is 1.86. The molecule has 0 aliphatic carbocycles. The fourth-order valence-corrected chi connectivity index (χ4v) is 3.23. The molecule has 0 fully saturated rings. The van der Waals surface area contributed by atoms with Crippen molar-refractivity contribution in [2.45, 2.75) is 31.3 Å². The monoisotopic (exact) mass is 408 g/mol. The maximum atomic E-state index is 13.2. The summed E-state index contributed by atoms with van der Waals surface area (Å²) in [6.45, 7) is 2.69. The molecule has 2 aromatic rings. The summed E-state index contributed by atoms with van der Waals surface area (Å²) in [6.07, 6.45) is -0.259. The number of anilines is 1. The third-order valence-corrected chi connectivity index (χ3v) is 5.22. The molecular weight excluding hydrogens is 387 g/mol. The van der Waals surface area contributed by atoms with Gasteiger partial charge in [-0.05, 0) is 49.2 Å². The Bertz CT molecular complexity index is 945. The molecule has 1 amide bonds. The number of hydrogen-bond acceptors (Lipinski definition) is 5. The van der Waals surface area contributed by atoms with Crippen molar-refractivity contribution in [3.05, 3.63) is 59.9 Å². The fraction of sp³-hybridized carbons (Fsp3) is 0.263. The van der Waals surface area contributed by atoms with Crippen LogP contribution in [0.2, 0.25) is 0 Å². The number of hydrogen-bond donors (Lipinski definition) is 2. The Morgan fingerprint density at radius 1 is 1.14 bits per heavy atom. The van der Waals surface area contributed by atoms with E-state index in [0.717, 1.165) is 24.1 Å². The summed E-state index contributed by atoms with van der Waals surface area (Å²) in [5, 5.41) is 2.61. The van der Waals surface area contributed by atoms with Gasteiger partial charge < -0.3 is 10.1 Å². The average molecular weight is 408 g/mol. The first-order valence-electron chi connectivity index (χ1n) is 8.56. The number of benzene rings is 2. The number of halogens is 1. The number of rotatable bonds is 8. The van der Waals surface area contributed by atoms with Crippen LogP contribution in [0.3, 0.4) is 0 Å². The van der Waals surface area contributed by atoms with E-state index in [1.165, 1.54) is 19.1 Å². The zero-order valence-corrected chi connectivity index (χ0v) is 16.3. The number of aryl methyl sites for hydroxylation is 1. The van der Waals surface area contributed by atoms with Crippen molar-refractivity contribution in [3.63, 3.8) is 0 Å². The molecule has 9 heteroatoms. The van der Waals surface area contributed by atoms with Crippen LogP contribution in [0.5, 0.6) is 0 Å². The third kappa shape index (κ3) is 6.14. The second-order valence-electron chi connectivity index (χ2n) is 5.95. The SMILES string of the molecule is CCc1ccc(NC(=O)[C@@H](C)OC(=O)CNS(=O)(=O)c2cccc(F)c2)cc1. The van der Waals surface area contributed by atoms with Crippen LogP contribution in [0, 0.1) is 5.82 Å². The number of carbonyl (C=O) groups excluding carboxylic acids is 2. The lowest BCUT2D eigenvalue weighted by Gasteiger charge is -2.14. The first kappa shape index (κ1) is 21.5. The molecule has 0 radical (unpaired) electrons. The van der Waals surface area contributed by atoms with Gasteiger partial charge in [-0.25, -0.2) is 12.8 Å². The van der Waals surface area contributed by atoms with Gasteiger partial charge in [-0.2, -0.15) is 4.72 Å². The molecule has 2 rings (SSSR count). The number of amides is 1. The van der Waals surface area contributed by atoms with Gasteiger partial charge in [0.25, 0.3) is 5.91 Å². The topological polar surface area (TPSA) is 102 Å². The van der Waals surface area contributed by atoms with Crippen molar-refractivity contribution < 1.29 is 27.1 Å². The largest absolute Gasteiger partial charge is 0.452 e. The lowest BCUT2D eigenvalue weighted by molar-refractivity contribution is -0.151. The zero-order chi connectivity index (χ0) is 20.7. The molecule has 0 heterocycles. The van der Waals surface area contributed by atoms with Crippen LogP contribution in [0.15, 0.2) is 53.4 Å². The van der Waals surface area contributed by atoms with E-state index in [9.17, 15) is 22.4 Å². The van der Waals surface area contributed by atoms with Crippen LogP contribution < -0.4 is 10.0 Å². The maximum Gasteiger partial charge on any atom is 0.321 e. The highest BCUT2D eigenvalue weighted by Crippen LogP contribution is 2.12. The Morgan fingerprint density at radius 2 is 1.82 bits per heavy atom. The van der Waals surface area contributed by atoms with Gasteiger partial charge in [-0.15, -0.1) is 0 Å². The van der Waals surface area contributed by atoms with Gasteiger partial charge in [-0.1, -0.05) is 25.1 Å². The minimum atomic E-state index is -4.08. The van der Waals surface area contributed by atoms with E-state index in [0.29, 0.717) is 5.69 Å². The van der Waals surface area contributed by atoms with Gasteiger partial charge >= 0.3 is 5.97 Å². The van der Waals surface area contributed by atoms with Gasteiger partial charge in [-0.3, -0.25) is 9.59 Å². The lowest BCUT2D eigenvalue weighted by atomic mass is 10.1. The van der Waals surface area contributed by atoms with Crippen molar-refractivity contribution in [2.24, 2.45) is 0 Å². The number of carbonyl (C=O) groups is 2. The second kappa shape index (κ2) is 9.43. The number of sulfonamides is 1. The molecule has 2 N–H and O–H groups in total. The number of nitrogens with one attached hydrogen (secondary N) is 2. The minimum absolute atomic E-state index is 0.318. The number of ether oxygens (including phenoxy) is 1. The summed E-state index contributed by atoms with van der Waals surface area (Å²) in [6, 6.07) is 11.6. The van der Waals surface area contributed by atoms with Crippen LogP contribution >= 0.6 is 0 Å². The van der Waals surface area contributed by atoms with Crippen LogP contribution in [-0.4, -0.2) is 32.9 Å². The van der Waals surface area contributed by atoms with E-state index < -0.39 is 40.4 Å². The highest BCUT2D eigenvalue weighted by molar-refractivity contribution is 7.89. The molecule has 1 atom stereocenters. The average Bonchev–Trinajstić information content (AvgIpc) is 2.67. The minimum Gasteiger partial charge on any atom is -0.452 e. The first-order valence-corrected chi connectivity index (χ1v) is 10.0. The van der Waals surface area contributed by atoms with Gasteiger partial charge in [0.15, 0.2) is 6.10 Å². The summed E-state index contributed by atoms with van der Waals surface area (Å²) in [5.74, 6) is -2.21. The maximum absolute atomic E-state index is 13.2. The van der Waals surface area contributed by atoms with Crippen molar-refractivity contribution in [1.82, 2.24) is 4.72 Å². The fourth-order valence-electron chi connectivity index (χ4n) is 2.23. The highest BCUT2D eigenvalue weighted by Gasteiger charge is 2.21. The standard InChI is InChI=1S/C19H21FN2O5S/c1-3-14-7-9-16(10-8-14)22-19(24)13(2)27-18(23)12-21-28(25,26)17-6-4-5-15(20)11-17/h4-11,13,21H,3,12H2,1-2H3,(H,22,24)/t13-/m1/s1. The van der Waals surface area contributed by atoms with Gasteiger partial charge in [0.05, 0.1) is 4.90 Å². The van der Waals surface area contributed by atoms with E-state index in [1.807, 2.05) is 23.8 Å². The molecule has 0 saturated heterocycles. The molecule has 0 aromatic heterocycles. The van der Waals surface area contributed by atoms with Crippen LogP contribution in [0.25, 0.3) is 0 Å². The summed E-state index contributed by atoms with van der Waals surface area (Å²) >= 11 is 0. The Labute approximate surface area is 163 Å². The summed E-state index contributed by atoms with van der Waals surface area (Å²) in [5.41, 5.74) is 1.67. The van der Waals surface area contributed by atoms with Gasteiger partial charge in [0, 0.05) is 5.69 Å². The molecule has 0 spiro atoms. The van der Waals surface area contributed by atoms with E-state index in [4.69, 9.17) is 4.74 Å². The molecule has 28 heavy (non-hydrogen) atoms. The number of esters is 1. The highest BCUT2D eigenvalue weighted by atomic mass is 32.2. The zero-order valence-electron chi connectivity index (χ0n) is 15.4. The molecule has 7 nitrogen and oxygen atoms in total. The van der Waals surface area contributed by atoms with Crippen molar-refractivity contribution in [1.29, 1.82) is 0 Å². The molecular formula is C19H21FN2O5S. The Kier molecular flexibility index (Phi) is 7.24. The van der Waals surface area contributed by atoms with Crippen molar-refractivity contribution in [3.8, 4) is 0 Å². The predicted octanol–water partition coefficient (Wildman–Crippen LogP) is 2.24. The van der Waals surface area contributed by atoms with Crippen LogP contribution in [-0.2, 0) is 30.8 Å². The van der Waals surface area contributed by atoms with Crippen molar-refractivity contribution >= 4 is 27.6 Å². The van der Waals surface area contributed by atoms with Crippen LogP contribution in [0.1, 0.15) is 19.4 Å². The molecule has 0 bridgehead atoms. The quantitative estimate of drug-likeness (QED) is 0.653. The smallest absolute Gasteiger partial charge is 0.321 e. The normalized spacial score (nSPS) is 12.2. The van der Waals surface area contributed by atoms with Crippen LogP contribution in [0.4, 0.5) is 10.1 Å². The van der Waals surface area contributed by atoms with Gasteiger partial charge in [0.1, 0.15) is 12.4 Å². The van der Waals surface area contributed by atoms with E-state index in [1.54, 1.807) is 12.1 Å². The molecule has 0 aliphatic rings. The third-order valence-electron chi connectivity index (χ3n) is 3.82. The summed E-state index contributed by atoms with van der Waals surface area (Å²) < 4.78 is 44.2. The Morgan fingerprint density at radius 3 is 2.43 bits per heavy atom. The Hall–Kier alpha value is -2.78. The molecule has 0 saturated carbocycles. The predicted molar refractivity (Wildman–Crippen MR) is 102 cm³/mol. The van der Waals surface area contributed by atoms with E-state index in [2.05, 4.69) is 5.32 Å². The molecule has 150 valence electrons. The van der Waals surface area contributed by atoms with Gasteiger partial charge in [0.2, 0.25) is 10.0 Å². The lowest BCUT2D eigenvalue weighted by Crippen LogP contribution is -2.35. The first-order chi connectivity index (χ1) is 13.2. The second-order valence-corrected chi connectivity index (χ2v) is 7.72. The molecule has 2 aromatic carbocycles. The molecule has 0 aliphatic heterocycles. The van der Waals surface area contributed by atoms with E-state index in [-0.39, 0.29) is 4.90 Å². The summed E-state index contributed by atoms with van der Waals surface area (Å²) in [4.78, 5) is 23.6.